The van der Waals surface area contributed by atoms with E-state index in [1.54, 1.807) is 0 Å². The largest absolute Gasteiger partial charge is 0.0622 e. The number of rotatable bonds is 2. The van der Waals surface area contributed by atoms with Crippen LogP contribution in [-0.2, 0) is 0 Å². The standard InChI is InChI=1S/C18H11Br2/c19-16-12-11-15(13-7-3-1-4-8-13)18(20)17(16)14-9-5-2-6-10-14/h1-11H. The Balaban J connectivity index is 2.22. The highest BCUT2D eigenvalue weighted by atomic mass is 79.9. The van der Waals surface area contributed by atoms with Crippen molar-refractivity contribution >= 4 is 31.9 Å². The molecule has 0 spiro atoms. The van der Waals surface area contributed by atoms with Crippen LogP contribution >= 0.6 is 31.9 Å². The van der Waals surface area contributed by atoms with Crippen LogP contribution in [0.5, 0.6) is 0 Å². The fraction of sp³-hybridized carbons (Fsp3) is 0. The molecular weight excluding hydrogens is 376 g/mol. The van der Waals surface area contributed by atoms with E-state index >= 15 is 0 Å². The van der Waals surface area contributed by atoms with E-state index in [0.29, 0.717) is 0 Å². The monoisotopic (exact) mass is 385 g/mol. The number of halogens is 2. The van der Waals surface area contributed by atoms with Gasteiger partial charge in [-0.15, -0.1) is 0 Å². The van der Waals surface area contributed by atoms with Crippen molar-refractivity contribution in [2.24, 2.45) is 0 Å². The summed E-state index contributed by atoms with van der Waals surface area (Å²) >= 11 is 7.36. The zero-order valence-corrected chi connectivity index (χ0v) is 13.8. The lowest BCUT2D eigenvalue weighted by Crippen LogP contribution is -1.87. The van der Waals surface area contributed by atoms with Crippen molar-refractivity contribution in [2.45, 2.75) is 0 Å². The fourth-order valence-corrected chi connectivity index (χ4v) is 3.77. The summed E-state index contributed by atoms with van der Waals surface area (Å²) in [6.45, 7) is 0. The Hall–Kier alpha value is -1.38. The van der Waals surface area contributed by atoms with E-state index < -0.39 is 0 Å². The molecule has 1 radical (unpaired) electrons. The second-order valence-corrected chi connectivity index (χ2v) is 6.02. The Kier molecular flexibility index (Phi) is 4.04. The predicted molar refractivity (Wildman–Crippen MR) is 91.5 cm³/mol. The first-order valence-electron chi connectivity index (χ1n) is 6.28. The summed E-state index contributed by atoms with van der Waals surface area (Å²) in [7, 11) is 0. The number of hydrogen-bond acceptors (Lipinski definition) is 0. The Morgan fingerprint density at radius 1 is 0.700 bits per heavy atom. The van der Waals surface area contributed by atoms with Gasteiger partial charge in [0.2, 0.25) is 0 Å². The van der Waals surface area contributed by atoms with Crippen LogP contribution in [0.15, 0.2) is 75.7 Å². The van der Waals surface area contributed by atoms with Crippen LogP contribution in [0.2, 0.25) is 0 Å². The molecule has 3 aromatic rings. The van der Waals surface area contributed by atoms with E-state index in [1.807, 2.05) is 42.5 Å². The third-order valence-corrected chi connectivity index (χ3v) is 4.62. The maximum absolute atomic E-state index is 3.76. The summed E-state index contributed by atoms with van der Waals surface area (Å²) in [4.78, 5) is 0. The van der Waals surface area contributed by atoms with Crippen LogP contribution in [0, 0.1) is 6.07 Å². The molecule has 0 fully saturated rings. The van der Waals surface area contributed by atoms with Crippen molar-refractivity contribution in [1.82, 2.24) is 0 Å². The molecule has 3 rings (SSSR count). The van der Waals surface area contributed by atoms with Gasteiger partial charge in [-0.25, -0.2) is 0 Å². The third kappa shape index (κ3) is 2.58. The summed E-state index contributed by atoms with van der Waals surface area (Å²) in [5.41, 5.74) is 4.63. The first-order valence-corrected chi connectivity index (χ1v) is 7.86. The van der Waals surface area contributed by atoms with Gasteiger partial charge < -0.3 is 0 Å². The normalized spacial score (nSPS) is 10.5. The van der Waals surface area contributed by atoms with Crippen molar-refractivity contribution < 1.29 is 0 Å². The molecular formula is C18H11Br2. The van der Waals surface area contributed by atoms with Crippen molar-refractivity contribution in [1.29, 1.82) is 0 Å². The molecule has 0 aliphatic heterocycles. The lowest BCUT2D eigenvalue weighted by Gasteiger charge is -2.12. The fourth-order valence-electron chi connectivity index (χ4n) is 2.19. The van der Waals surface area contributed by atoms with Crippen molar-refractivity contribution in [2.75, 3.05) is 0 Å². The molecule has 0 saturated carbocycles. The summed E-state index contributed by atoms with van der Waals surface area (Å²) < 4.78 is 2.05. The maximum atomic E-state index is 3.76. The Morgan fingerprint density at radius 3 is 1.85 bits per heavy atom. The second-order valence-electron chi connectivity index (χ2n) is 4.44. The van der Waals surface area contributed by atoms with Crippen LogP contribution in [0.1, 0.15) is 0 Å². The van der Waals surface area contributed by atoms with Crippen LogP contribution in [0.25, 0.3) is 22.3 Å². The SMILES string of the molecule is Brc1[c]cc(-c2ccccc2)c(Br)c1-c1ccccc1. The first kappa shape index (κ1) is 13.6. The average Bonchev–Trinajstić information content (AvgIpc) is 2.49. The van der Waals surface area contributed by atoms with Gasteiger partial charge in [0.1, 0.15) is 0 Å². The van der Waals surface area contributed by atoms with Gasteiger partial charge in [0.15, 0.2) is 0 Å². The molecule has 97 valence electrons. The first-order chi connectivity index (χ1) is 9.77. The van der Waals surface area contributed by atoms with Gasteiger partial charge in [0.05, 0.1) is 0 Å². The summed E-state index contributed by atoms with van der Waals surface area (Å²) in [6.07, 6.45) is 0. The molecule has 20 heavy (non-hydrogen) atoms. The molecule has 0 N–H and O–H groups in total. The second kappa shape index (κ2) is 5.94. The molecule has 0 aliphatic carbocycles. The minimum absolute atomic E-state index is 0.968. The van der Waals surface area contributed by atoms with E-state index in [-0.39, 0.29) is 0 Å². The molecule has 0 bridgehead atoms. The van der Waals surface area contributed by atoms with Gasteiger partial charge in [-0.2, -0.15) is 0 Å². The highest BCUT2D eigenvalue weighted by Gasteiger charge is 2.13. The Bertz CT molecular complexity index is 719. The Labute approximate surface area is 135 Å². The zero-order chi connectivity index (χ0) is 13.9. The minimum atomic E-state index is 0.968. The van der Waals surface area contributed by atoms with Crippen LogP contribution in [0.3, 0.4) is 0 Å². The van der Waals surface area contributed by atoms with Gasteiger partial charge in [-0.1, -0.05) is 60.7 Å². The van der Waals surface area contributed by atoms with Gasteiger partial charge in [0, 0.05) is 14.5 Å². The Morgan fingerprint density at radius 2 is 1.25 bits per heavy atom. The zero-order valence-electron chi connectivity index (χ0n) is 10.6. The van der Waals surface area contributed by atoms with Gasteiger partial charge in [-0.3, -0.25) is 0 Å². The van der Waals surface area contributed by atoms with Crippen LogP contribution < -0.4 is 0 Å². The molecule has 0 atom stereocenters. The van der Waals surface area contributed by atoms with E-state index in [0.717, 1.165) is 20.1 Å². The van der Waals surface area contributed by atoms with E-state index in [4.69, 9.17) is 0 Å². The van der Waals surface area contributed by atoms with Gasteiger partial charge in [0.25, 0.3) is 0 Å². The van der Waals surface area contributed by atoms with E-state index in [2.05, 4.69) is 62.2 Å². The van der Waals surface area contributed by atoms with Crippen molar-refractivity contribution in [3.8, 4) is 22.3 Å². The van der Waals surface area contributed by atoms with E-state index in [1.165, 1.54) is 11.1 Å². The molecule has 0 aromatic heterocycles. The smallest absolute Gasteiger partial charge is 0.0344 e. The minimum Gasteiger partial charge on any atom is -0.0622 e. The molecule has 0 saturated heterocycles. The quantitative estimate of drug-likeness (QED) is 0.481. The maximum Gasteiger partial charge on any atom is 0.0344 e. The molecule has 2 heteroatoms. The topological polar surface area (TPSA) is 0 Å². The number of hydrogen-bond donors (Lipinski definition) is 0. The highest BCUT2D eigenvalue weighted by Crippen LogP contribution is 2.40. The molecule has 0 nitrogen and oxygen atoms in total. The average molecular weight is 387 g/mol. The van der Waals surface area contributed by atoms with Crippen LogP contribution in [-0.4, -0.2) is 0 Å². The summed E-state index contributed by atoms with van der Waals surface area (Å²) in [6, 6.07) is 26.0. The van der Waals surface area contributed by atoms with E-state index in [9.17, 15) is 0 Å². The predicted octanol–water partition coefficient (Wildman–Crippen LogP) is 6.35. The molecule has 0 heterocycles. The number of benzene rings is 3. The van der Waals surface area contributed by atoms with Crippen molar-refractivity contribution in [3.63, 3.8) is 0 Å². The third-order valence-electron chi connectivity index (χ3n) is 3.17. The molecule has 3 aromatic carbocycles. The lowest BCUT2D eigenvalue weighted by atomic mass is 9.99. The molecule has 0 amide bonds. The van der Waals surface area contributed by atoms with Crippen molar-refractivity contribution in [3.05, 3.63) is 81.7 Å². The molecule has 0 aliphatic rings. The summed E-state index contributed by atoms with van der Waals surface area (Å²) in [5, 5.41) is 0. The van der Waals surface area contributed by atoms with Crippen LogP contribution in [0.4, 0.5) is 0 Å². The summed E-state index contributed by atoms with van der Waals surface area (Å²) in [5.74, 6) is 0. The van der Waals surface area contributed by atoms with Gasteiger partial charge >= 0.3 is 0 Å². The highest BCUT2D eigenvalue weighted by molar-refractivity contribution is 9.11. The molecule has 0 unspecified atom stereocenters. The lowest BCUT2D eigenvalue weighted by molar-refractivity contribution is 1.52. The van der Waals surface area contributed by atoms with Gasteiger partial charge in [-0.05, 0) is 60.7 Å².